The fourth-order valence-electron chi connectivity index (χ4n) is 4.09. The van der Waals surface area contributed by atoms with Gasteiger partial charge in [0.1, 0.15) is 11.5 Å². The third kappa shape index (κ3) is 3.92. The number of nitrogens with zero attached hydrogens (tertiary/aromatic N) is 3. The molecule has 158 valence electrons. The summed E-state index contributed by atoms with van der Waals surface area (Å²) in [5, 5.41) is 0.894. The number of thioether (sulfide) groups is 1. The van der Waals surface area contributed by atoms with Crippen LogP contribution in [0.5, 0.6) is 0 Å². The van der Waals surface area contributed by atoms with Crippen molar-refractivity contribution in [3.05, 3.63) is 63.5 Å². The van der Waals surface area contributed by atoms with E-state index in [0.717, 1.165) is 49.6 Å². The van der Waals surface area contributed by atoms with Crippen molar-refractivity contribution in [1.29, 1.82) is 0 Å². The van der Waals surface area contributed by atoms with Crippen molar-refractivity contribution < 1.29 is 4.79 Å². The molecule has 0 aliphatic carbocycles. The summed E-state index contributed by atoms with van der Waals surface area (Å²) in [5.41, 5.74) is 3.51. The Kier molecular flexibility index (Phi) is 5.62. The number of hydrogen-bond acceptors (Lipinski definition) is 5. The van der Waals surface area contributed by atoms with Gasteiger partial charge >= 0.3 is 0 Å². The first kappa shape index (κ1) is 20.7. The highest BCUT2D eigenvalue weighted by Gasteiger charge is 2.35. The molecule has 1 fully saturated rings. The molecule has 2 aromatic carbocycles. The number of aromatic amines is 1. The van der Waals surface area contributed by atoms with Crippen LogP contribution in [0.2, 0.25) is 0 Å². The predicted octanol–water partition coefficient (Wildman–Crippen LogP) is 6.46. The number of rotatable bonds is 4. The van der Waals surface area contributed by atoms with Gasteiger partial charge in [0.15, 0.2) is 0 Å². The molecule has 5 nitrogen and oxygen atoms in total. The molecule has 1 aliphatic heterocycles. The van der Waals surface area contributed by atoms with Gasteiger partial charge in [-0.2, -0.15) is 0 Å². The van der Waals surface area contributed by atoms with Crippen molar-refractivity contribution in [3.8, 4) is 10.4 Å². The molecule has 0 spiro atoms. The summed E-state index contributed by atoms with van der Waals surface area (Å²) >= 11 is 6.76. The number of nitrogens with one attached hydrogen (secondary N) is 1. The lowest BCUT2D eigenvalue weighted by atomic mass is 10.1. The summed E-state index contributed by atoms with van der Waals surface area (Å²) in [6, 6.07) is 14.2. The largest absolute Gasteiger partial charge is 0.340 e. The van der Waals surface area contributed by atoms with Crippen LogP contribution < -0.4 is 0 Å². The number of aryl methyl sites for hydroxylation is 1. The molecular formula is C23H21BrN4OS2. The molecule has 0 saturated carbocycles. The van der Waals surface area contributed by atoms with E-state index < -0.39 is 0 Å². The number of halogens is 1. The topological polar surface area (TPSA) is 61.9 Å². The maximum absolute atomic E-state index is 13.6. The number of thiazole rings is 1. The fraction of sp³-hybridized carbons (Fsp3) is 0.261. The Morgan fingerprint density at radius 3 is 2.81 bits per heavy atom. The van der Waals surface area contributed by atoms with Crippen LogP contribution >= 0.6 is 39.0 Å². The van der Waals surface area contributed by atoms with Gasteiger partial charge in [0.05, 0.1) is 27.0 Å². The monoisotopic (exact) mass is 512 g/mol. The number of likely N-dealkylation sites (tertiary alicyclic amines) is 1. The quantitative estimate of drug-likeness (QED) is 0.319. The molecule has 1 atom stereocenters. The average molecular weight is 513 g/mol. The third-order valence-electron chi connectivity index (χ3n) is 5.58. The van der Waals surface area contributed by atoms with Crippen LogP contribution in [-0.2, 0) is 0 Å². The van der Waals surface area contributed by atoms with E-state index in [0.29, 0.717) is 12.2 Å². The molecule has 0 radical (unpaired) electrons. The van der Waals surface area contributed by atoms with E-state index in [1.54, 1.807) is 23.1 Å². The Hall–Kier alpha value is -2.16. The van der Waals surface area contributed by atoms with Crippen LogP contribution in [0, 0.1) is 6.92 Å². The number of benzene rings is 2. The second-order valence-electron chi connectivity index (χ2n) is 7.58. The first-order valence-corrected chi connectivity index (χ1v) is 12.9. The van der Waals surface area contributed by atoms with Crippen molar-refractivity contribution in [2.45, 2.75) is 30.7 Å². The summed E-state index contributed by atoms with van der Waals surface area (Å²) in [6.07, 6.45) is 3.92. The molecule has 0 bridgehead atoms. The predicted molar refractivity (Wildman–Crippen MR) is 131 cm³/mol. The van der Waals surface area contributed by atoms with Gasteiger partial charge in [0, 0.05) is 15.9 Å². The number of aromatic nitrogens is 3. The minimum atomic E-state index is -0.0580. The van der Waals surface area contributed by atoms with E-state index >= 15 is 0 Å². The van der Waals surface area contributed by atoms with E-state index in [-0.39, 0.29) is 11.9 Å². The molecule has 1 amide bonds. The average Bonchev–Trinajstić information content (AvgIpc) is 3.50. The van der Waals surface area contributed by atoms with E-state index in [4.69, 9.17) is 4.98 Å². The van der Waals surface area contributed by atoms with E-state index in [1.165, 1.54) is 4.90 Å². The van der Waals surface area contributed by atoms with E-state index in [9.17, 15) is 4.79 Å². The van der Waals surface area contributed by atoms with Crippen molar-refractivity contribution in [1.82, 2.24) is 19.9 Å². The second kappa shape index (κ2) is 8.41. The fourth-order valence-corrected chi connectivity index (χ4v) is 5.71. The highest BCUT2D eigenvalue weighted by molar-refractivity contribution is 9.10. The maximum atomic E-state index is 13.6. The van der Waals surface area contributed by atoms with Gasteiger partial charge in [-0.25, -0.2) is 9.97 Å². The molecule has 1 saturated heterocycles. The lowest BCUT2D eigenvalue weighted by Gasteiger charge is -2.22. The first-order chi connectivity index (χ1) is 15.0. The lowest BCUT2D eigenvalue weighted by Crippen LogP contribution is -2.31. The molecule has 8 heteroatoms. The van der Waals surface area contributed by atoms with Crippen LogP contribution in [0.15, 0.2) is 51.8 Å². The number of fused-ring (bicyclic) bond motifs is 1. The summed E-state index contributed by atoms with van der Waals surface area (Å²) < 4.78 is 1.01. The summed E-state index contributed by atoms with van der Waals surface area (Å²) in [6.45, 7) is 2.67. The number of H-pyrrole nitrogens is 1. The van der Waals surface area contributed by atoms with Gasteiger partial charge in [-0.3, -0.25) is 4.79 Å². The number of carbonyl (C=O) groups excluding carboxylic acids is 1. The summed E-state index contributed by atoms with van der Waals surface area (Å²) in [4.78, 5) is 30.6. The zero-order valence-corrected chi connectivity index (χ0v) is 20.4. The Morgan fingerprint density at radius 1 is 1.23 bits per heavy atom. The zero-order chi connectivity index (χ0) is 21.5. The van der Waals surface area contributed by atoms with Crippen LogP contribution in [0.25, 0.3) is 21.5 Å². The smallest absolute Gasteiger partial charge is 0.274 e. The SMILES string of the molecule is CSc1ccc2nc([C@@H]3CCCN3C(=O)c3nc(C)sc3-c3ccc(Br)cc3)[nH]c2c1. The Labute approximate surface area is 197 Å². The molecule has 1 aliphatic rings. The zero-order valence-electron chi connectivity index (χ0n) is 17.2. The van der Waals surface area contributed by atoms with E-state index in [1.807, 2.05) is 42.2 Å². The molecule has 2 aromatic heterocycles. The van der Waals surface area contributed by atoms with Crippen LogP contribution in [0.3, 0.4) is 0 Å². The molecular weight excluding hydrogens is 492 g/mol. The lowest BCUT2D eigenvalue weighted by molar-refractivity contribution is 0.0726. The van der Waals surface area contributed by atoms with Gasteiger partial charge in [0.25, 0.3) is 5.91 Å². The normalized spacial score (nSPS) is 16.4. The molecule has 3 heterocycles. The number of amides is 1. The third-order valence-corrected chi connectivity index (χ3v) is 7.85. The Bertz CT molecular complexity index is 1260. The van der Waals surface area contributed by atoms with Gasteiger partial charge < -0.3 is 9.88 Å². The first-order valence-electron chi connectivity index (χ1n) is 10.1. The molecule has 5 rings (SSSR count). The number of carbonyl (C=O) groups is 1. The van der Waals surface area contributed by atoms with Crippen molar-refractivity contribution in [3.63, 3.8) is 0 Å². The van der Waals surface area contributed by atoms with Gasteiger partial charge in [-0.15, -0.1) is 23.1 Å². The van der Waals surface area contributed by atoms with Crippen LogP contribution in [0.4, 0.5) is 0 Å². The van der Waals surface area contributed by atoms with Crippen LogP contribution in [-0.4, -0.2) is 38.6 Å². The standard InChI is InChI=1S/C23H21BrN4OS2/c1-13-25-20(21(31-13)14-5-7-15(24)8-6-14)23(29)28-11-3-4-19(28)22-26-17-10-9-16(30-2)12-18(17)27-22/h5-10,12,19H,3-4,11H2,1-2H3,(H,26,27)/t19-/m0/s1. The van der Waals surface area contributed by atoms with Gasteiger partial charge in [-0.05, 0) is 61.9 Å². The van der Waals surface area contributed by atoms with Crippen LogP contribution in [0.1, 0.15) is 40.2 Å². The minimum absolute atomic E-state index is 0.0185. The van der Waals surface area contributed by atoms with E-state index in [2.05, 4.69) is 44.3 Å². The second-order valence-corrected chi connectivity index (χ2v) is 10.6. The molecule has 31 heavy (non-hydrogen) atoms. The van der Waals surface area contributed by atoms with Crippen molar-refractivity contribution in [2.24, 2.45) is 0 Å². The number of imidazole rings is 1. The molecule has 4 aromatic rings. The van der Waals surface area contributed by atoms with Crippen molar-refractivity contribution in [2.75, 3.05) is 12.8 Å². The maximum Gasteiger partial charge on any atom is 0.274 e. The highest BCUT2D eigenvalue weighted by Crippen LogP contribution is 2.37. The molecule has 0 unspecified atom stereocenters. The Balaban J connectivity index is 1.49. The van der Waals surface area contributed by atoms with Crippen molar-refractivity contribution >= 4 is 56.0 Å². The van der Waals surface area contributed by atoms with Gasteiger partial charge in [-0.1, -0.05) is 28.1 Å². The minimum Gasteiger partial charge on any atom is -0.340 e. The molecule has 1 N–H and O–H groups in total. The number of hydrogen-bond donors (Lipinski definition) is 1. The summed E-state index contributed by atoms with van der Waals surface area (Å²) in [5.74, 6) is 0.839. The van der Waals surface area contributed by atoms with Gasteiger partial charge in [0.2, 0.25) is 0 Å². The Morgan fingerprint density at radius 2 is 2.03 bits per heavy atom. The summed E-state index contributed by atoms with van der Waals surface area (Å²) in [7, 11) is 0. The highest BCUT2D eigenvalue weighted by atomic mass is 79.9.